The number of anilines is 1. The molecule has 1 aromatic heterocycles. The van der Waals surface area contributed by atoms with Gasteiger partial charge in [0.2, 0.25) is 0 Å². The van der Waals surface area contributed by atoms with E-state index in [0.29, 0.717) is 43.5 Å². The highest BCUT2D eigenvalue weighted by Crippen LogP contribution is 2.30. The molecule has 2 aromatic rings. The van der Waals surface area contributed by atoms with Gasteiger partial charge in [-0.05, 0) is 18.2 Å². The van der Waals surface area contributed by atoms with E-state index in [1.165, 1.54) is 11.3 Å². The van der Waals surface area contributed by atoms with Crippen LogP contribution in [0.15, 0.2) is 23.6 Å². The van der Waals surface area contributed by atoms with Gasteiger partial charge in [0.25, 0.3) is 11.8 Å². The number of morpholine rings is 1. The molecule has 0 bridgehead atoms. The number of aromatic nitrogens is 1. The van der Waals surface area contributed by atoms with Crippen molar-refractivity contribution in [2.45, 2.75) is 0 Å². The third kappa shape index (κ3) is 3.96. The molecule has 1 saturated heterocycles. The Morgan fingerprint density at radius 3 is 2.56 bits per heavy atom. The fraction of sp³-hybridized carbons (Fsp3) is 0.353. The van der Waals surface area contributed by atoms with Crippen molar-refractivity contribution in [3.63, 3.8) is 0 Å². The highest BCUT2D eigenvalue weighted by molar-refractivity contribution is 7.13. The first-order valence-corrected chi connectivity index (χ1v) is 9.37. The van der Waals surface area contributed by atoms with E-state index in [1.54, 1.807) is 23.6 Å². The Labute approximate surface area is 159 Å². The molecule has 1 aromatic carbocycles. The minimum absolute atomic E-state index is 0.254. The molecular formula is C17H18N4O5S. The van der Waals surface area contributed by atoms with Crippen LogP contribution in [0.1, 0.15) is 20.8 Å². The number of rotatable bonds is 3. The minimum Gasteiger partial charge on any atom is -0.486 e. The molecule has 1 fully saturated rings. The van der Waals surface area contributed by atoms with Gasteiger partial charge in [-0.25, -0.2) is 4.98 Å². The van der Waals surface area contributed by atoms with Gasteiger partial charge in [-0.2, -0.15) is 0 Å². The zero-order valence-corrected chi connectivity index (χ0v) is 15.2. The second kappa shape index (κ2) is 7.80. The summed E-state index contributed by atoms with van der Waals surface area (Å²) in [5, 5.41) is 2.43. The molecule has 0 aliphatic carbocycles. The van der Waals surface area contributed by atoms with Crippen LogP contribution in [0.25, 0.3) is 0 Å². The summed E-state index contributed by atoms with van der Waals surface area (Å²) in [6, 6.07) is 4.85. The van der Waals surface area contributed by atoms with Crippen molar-refractivity contribution in [1.82, 2.24) is 15.8 Å². The maximum Gasteiger partial charge on any atom is 0.289 e. The maximum absolute atomic E-state index is 12.3. The number of carbonyl (C=O) groups excluding carboxylic acids is 2. The van der Waals surface area contributed by atoms with E-state index in [0.717, 1.165) is 18.2 Å². The van der Waals surface area contributed by atoms with Crippen molar-refractivity contribution in [1.29, 1.82) is 0 Å². The smallest absolute Gasteiger partial charge is 0.289 e. The van der Waals surface area contributed by atoms with Crippen LogP contribution in [-0.2, 0) is 4.74 Å². The summed E-state index contributed by atoms with van der Waals surface area (Å²) in [6.45, 7) is 3.70. The average Bonchev–Trinajstić information content (AvgIpc) is 3.22. The van der Waals surface area contributed by atoms with E-state index in [-0.39, 0.29) is 5.69 Å². The van der Waals surface area contributed by atoms with Gasteiger partial charge in [0, 0.05) is 24.0 Å². The fourth-order valence-electron chi connectivity index (χ4n) is 2.70. The van der Waals surface area contributed by atoms with Crippen LogP contribution in [0, 0.1) is 0 Å². The lowest BCUT2D eigenvalue weighted by molar-refractivity contribution is 0.0843. The number of benzene rings is 1. The second-order valence-corrected chi connectivity index (χ2v) is 6.72. The molecule has 2 amide bonds. The third-order valence-electron chi connectivity index (χ3n) is 4.10. The standard InChI is InChI=1S/C17H18N4O5S/c22-15(11-1-2-13-14(9-11)26-8-7-25-13)19-20-16(23)12-10-27-17(18-12)21-3-5-24-6-4-21/h1-2,9-10H,3-8H2,(H,19,22)(H,20,23). The molecule has 142 valence electrons. The van der Waals surface area contributed by atoms with Crippen LogP contribution < -0.4 is 25.2 Å². The van der Waals surface area contributed by atoms with E-state index in [9.17, 15) is 9.59 Å². The molecule has 2 aliphatic heterocycles. The van der Waals surface area contributed by atoms with E-state index < -0.39 is 11.8 Å². The number of nitrogens with one attached hydrogen (secondary N) is 2. The van der Waals surface area contributed by atoms with E-state index in [4.69, 9.17) is 14.2 Å². The summed E-state index contributed by atoms with van der Waals surface area (Å²) in [7, 11) is 0. The Morgan fingerprint density at radius 1 is 1.00 bits per heavy atom. The number of amides is 2. The molecule has 2 N–H and O–H groups in total. The van der Waals surface area contributed by atoms with E-state index in [1.807, 2.05) is 0 Å². The van der Waals surface area contributed by atoms with Gasteiger partial charge < -0.3 is 19.1 Å². The SMILES string of the molecule is O=C(NNC(=O)c1csc(N2CCOCC2)n1)c1ccc2c(c1)OCCO2. The summed E-state index contributed by atoms with van der Waals surface area (Å²) in [5.41, 5.74) is 5.38. The fourth-order valence-corrected chi connectivity index (χ4v) is 3.56. The van der Waals surface area contributed by atoms with Crippen molar-refractivity contribution in [3.05, 3.63) is 34.8 Å². The predicted octanol–water partition coefficient (Wildman–Crippen LogP) is 0.826. The third-order valence-corrected chi connectivity index (χ3v) is 5.00. The second-order valence-electron chi connectivity index (χ2n) is 5.88. The summed E-state index contributed by atoms with van der Waals surface area (Å²) >= 11 is 1.39. The van der Waals surface area contributed by atoms with Crippen LogP contribution in [-0.4, -0.2) is 56.3 Å². The van der Waals surface area contributed by atoms with Gasteiger partial charge in [0.05, 0.1) is 13.2 Å². The van der Waals surface area contributed by atoms with Crippen LogP contribution in [0.4, 0.5) is 5.13 Å². The van der Waals surface area contributed by atoms with Crippen molar-refractivity contribution >= 4 is 28.3 Å². The number of fused-ring (bicyclic) bond motifs is 1. The van der Waals surface area contributed by atoms with Crippen LogP contribution >= 0.6 is 11.3 Å². The first-order valence-electron chi connectivity index (χ1n) is 8.49. The normalized spacial score (nSPS) is 15.9. The molecular weight excluding hydrogens is 372 g/mol. The van der Waals surface area contributed by atoms with Crippen molar-refractivity contribution in [2.24, 2.45) is 0 Å². The molecule has 9 nitrogen and oxygen atoms in total. The Balaban J connectivity index is 1.35. The summed E-state index contributed by atoms with van der Waals surface area (Å²) < 4.78 is 16.2. The number of hydrogen-bond donors (Lipinski definition) is 2. The number of hydrazine groups is 1. The van der Waals surface area contributed by atoms with Gasteiger partial charge >= 0.3 is 0 Å². The molecule has 0 spiro atoms. The Kier molecular flexibility index (Phi) is 5.07. The van der Waals surface area contributed by atoms with Crippen LogP contribution in [0.5, 0.6) is 11.5 Å². The molecule has 10 heteroatoms. The number of hydrogen-bond acceptors (Lipinski definition) is 8. The van der Waals surface area contributed by atoms with Crippen molar-refractivity contribution < 1.29 is 23.8 Å². The van der Waals surface area contributed by atoms with Gasteiger partial charge in [-0.1, -0.05) is 0 Å². The van der Waals surface area contributed by atoms with Crippen molar-refractivity contribution in [3.8, 4) is 11.5 Å². The molecule has 0 unspecified atom stereocenters. The molecule has 4 rings (SSSR count). The zero-order valence-electron chi connectivity index (χ0n) is 14.4. The average molecular weight is 390 g/mol. The quantitative estimate of drug-likeness (QED) is 0.749. The summed E-state index contributed by atoms with van der Waals surface area (Å²) in [5.74, 6) is 0.176. The van der Waals surface area contributed by atoms with Gasteiger partial charge in [-0.15, -0.1) is 11.3 Å². The Hall–Kier alpha value is -2.85. The van der Waals surface area contributed by atoms with Crippen molar-refractivity contribution in [2.75, 3.05) is 44.4 Å². The van der Waals surface area contributed by atoms with Crippen LogP contribution in [0.2, 0.25) is 0 Å². The topological polar surface area (TPSA) is 102 Å². The van der Waals surface area contributed by atoms with E-state index >= 15 is 0 Å². The molecule has 0 atom stereocenters. The first kappa shape index (κ1) is 17.6. The number of thiazole rings is 1. The molecule has 3 heterocycles. The monoisotopic (exact) mass is 390 g/mol. The zero-order chi connectivity index (χ0) is 18.6. The van der Waals surface area contributed by atoms with Crippen LogP contribution in [0.3, 0.4) is 0 Å². The Bertz CT molecular complexity index is 850. The molecule has 2 aliphatic rings. The first-order chi connectivity index (χ1) is 13.2. The van der Waals surface area contributed by atoms with Gasteiger partial charge in [0.1, 0.15) is 18.9 Å². The van der Waals surface area contributed by atoms with Gasteiger partial charge in [0.15, 0.2) is 16.6 Å². The predicted molar refractivity (Wildman–Crippen MR) is 97.5 cm³/mol. The highest BCUT2D eigenvalue weighted by atomic mass is 32.1. The largest absolute Gasteiger partial charge is 0.486 e. The number of carbonyl (C=O) groups is 2. The summed E-state index contributed by atoms with van der Waals surface area (Å²) in [6.07, 6.45) is 0. The minimum atomic E-state index is -0.475. The highest BCUT2D eigenvalue weighted by Gasteiger charge is 2.19. The maximum atomic E-state index is 12.3. The molecule has 0 radical (unpaired) electrons. The molecule has 27 heavy (non-hydrogen) atoms. The van der Waals surface area contributed by atoms with Gasteiger partial charge in [-0.3, -0.25) is 20.4 Å². The number of ether oxygens (including phenoxy) is 3. The summed E-state index contributed by atoms with van der Waals surface area (Å²) in [4.78, 5) is 30.9. The lowest BCUT2D eigenvalue weighted by Crippen LogP contribution is -2.42. The molecule has 0 saturated carbocycles. The number of nitrogens with zero attached hydrogens (tertiary/aromatic N) is 2. The Morgan fingerprint density at radius 2 is 1.74 bits per heavy atom. The lowest BCUT2D eigenvalue weighted by atomic mass is 10.2. The van der Waals surface area contributed by atoms with E-state index in [2.05, 4.69) is 20.7 Å². The lowest BCUT2D eigenvalue weighted by Gasteiger charge is -2.25.